The van der Waals surface area contributed by atoms with E-state index in [9.17, 15) is 9.90 Å². The predicted octanol–water partition coefficient (Wildman–Crippen LogP) is 2.85. The van der Waals surface area contributed by atoms with Crippen LogP contribution < -0.4 is 0 Å². The molecule has 1 unspecified atom stereocenters. The van der Waals surface area contributed by atoms with Crippen LogP contribution in [0.25, 0.3) is 0 Å². The summed E-state index contributed by atoms with van der Waals surface area (Å²) < 4.78 is 0. The molecule has 0 aliphatic rings. The molecule has 2 heteroatoms. The summed E-state index contributed by atoms with van der Waals surface area (Å²) in [6.45, 7) is 2.19. The molecular formula is C12H22O2. The molecule has 0 amide bonds. The van der Waals surface area contributed by atoms with Crippen LogP contribution >= 0.6 is 0 Å². The minimum Gasteiger partial charge on any atom is -0.393 e. The smallest absolute Gasteiger partial charge is 0.142 e. The first-order chi connectivity index (χ1) is 6.81. The minimum absolute atomic E-state index is 0.271. The Bertz CT molecular complexity index is 152. The van der Waals surface area contributed by atoms with E-state index in [4.69, 9.17) is 0 Å². The maximum Gasteiger partial charge on any atom is 0.142 e. The highest BCUT2D eigenvalue weighted by atomic mass is 16.3. The Kier molecular flexibility index (Phi) is 9.98. The van der Waals surface area contributed by atoms with Crippen molar-refractivity contribution in [2.75, 3.05) is 0 Å². The monoisotopic (exact) mass is 198 g/mol. The number of carbonyl (C=O) groups is 1. The SMILES string of the molecule is CCCCCCCC(O)CC=CC=O. The molecule has 0 saturated carbocycles. The van der Waals surface area contributed by atoms with E-state index in [-0.39, 0.29) is 6.10 Å². The van der Waals surface area contributed by atoms with E-state index in [2.05, 4.69) is 6.92 Å². The van der Waals surface area contributed by atoms with Crippen molar-refractivity contribution in [1.29, 1.82) is 0 Å². The van der Waals surface area contributed by atoms with Crippen molar-refractivity contribution in [3.05, 3.63) is 12.2 Å². The fourth-order valence-corrected chi connectivity index (χ4v) is 1.39. The molecule has 2 nitrogen and oxygen atoms in total. The number of hydrogen-bond donors (Lipinski definition) is 1. The quantitative estimate of drug-likeness (QED) is 0.351. The van der Waals surface area contributed by atoms with E-state index in [0.717, 1.165) is 19.1 Å². The molecule has 0 rings (SSSR count). The van der Waals surface area contributed by atoms with Gasteiger partial charge in [-0.25, -0.2) is 0 Å². The maximum absolute atomic E-state index is 9.95. The second-order valence-electron chi connectivity index (χ2n) is 3.66. The lowest BCUT2D eigenvalue weighted by molar-refractivity contribution is -0.104. The number of hydrogen-bond acceptors (Lipinski definition) is 2. The summed E-state index contributed by atoms with van der Waals surface area (Å²) in [4.78, 5) is 9.95. The summed E-state index contributed by atoms with van der Waals surface area (Å²) in [6.07, 6.45) is 11.2. The molecule has 0 saturated heterocycles. The Balaban J connectivity index is 3.21. The van der Waals surface area contributed by atoms with E-state index in [1.165, 1.54) is 31.8 Å². The Labute approximate surface area is 87.0 Å². The Morgan fingerprint density at radius 1 is 1.21 bits per heavy atom. The molecule has 0 bridgehead atoms. The summed E-state index contributed by atoms with van der Waals surface area (Å²) in [7, 11) is 0. The Morgan fingerprint density at radius 3 is 2.57 bits per heavy atom. The summed E-state index contributed by atoms with van der Waals surface area (Å²) >= 11 is 0. The van der Waals surface area contributed by atoms with Crippen molar-refractivity contribution >= 4 is 6.29 Å². The van der Waals surface area contributed by atoms with Crippen LogP contribution in [0.4, 0.5) is 0 Å². The third kappa shape index (κ3) is 9.46. The topological polar surface area (TPSA) is 37.3 Å². The highest BCUT2D eigenvalue weighted by molar-refractivity contribution is 5.64. The van der Waals surface area contributed by atoms with Gasteiger partial charge in [0, 0.05) is 0 Å². The van der Waals surface area contributed by atoms with E-state index < -0.39 is 0 Å². The molecule has 82 valence electrons. The number of carbonyl (C=O) groups excluding carboxylic acids is 1. The molecule has 0 aromatic heterocycles. The second-order valence-corrected chi connectivity index (χ2v) is 3.66. The van der Waals surface area contributed by atoms with Gasteiger partial charge in [-0.1, -0.05) is 45.1 Å². The van der Waals surface area contributed by atoms with Gasteiger partial charge in [0.2, 0.25) is 0 Å². The van der Waals surface area contributed by atoms with Gasteiger partial charge in [0.15, 0.2) is 0 Å². The molecule has 0 aliphatic heterocycles. The van der Waals surface area contributed by atoms with Crippen LogP contribution in [-0.2, 0) is 4.79 Å². The molecule has 0 aromatic rings. The predicted molar refractivity (Wildman–Crippen MR) is 59.2 cm³/mol. The Hall–Kier alpha value is -0.630. The van der Waals surface area contributed by atoms with Gasteiger partial charge in [-0.05, 0) is 18.9 Å². The first-order valence-electron chi connectivity index (χ1n) is 5.59. The summed E-state index contributed by atoms with van der Waals surface area (Å²) in [6, 6.07) is 0. The average Bonchev–Trinajstić information content (AvgIpc) is 2.18. The molecule has 0 heterocycles. The molecule has 0 radical (unpaired) electrons. The van der Waals surface area contributed by atoms with Crippen LogP contribution in [0.5, 0.6) is 0 Å². The molecule has 0 spiro atoms. The minimum atomic E-state index is -0.271. The zero-order valence-corrected chi connectivity index (χ0v) is 9.11. The highest BCUT2D eigenvalue weighted by Crippen LogP contribution is 2.09. The molecule has 0 fully saturated rings. The van der Waals surface area contributed by atoms with Gasteiger partial charge in [0.05, 0.1) is 6.10 Å². The van der Waals surface area contributed by atoms with Crippen LogP contribution in [0.15, 0.2) is 12.2 Å². The van der Waals surface area contributed by atoms with Crippen molar-refractivity contribution in [2.24, 2.45) is 0 Å². The van der Waals surface area contributed by atoms with Crippen LogP contribution in [-0.4, -0.2) is 17.5 Å². The molecule has 0 aromatic carbocycles. The van der Waals surface area contributed by atoms with Crippen molar-refractivity contribution in [1.82, 2.24) is 0 Å². The van der Waals surface area contributed by atoms with E-state index in [0.29, 0.717) is 6.42 Å². The highest BCUT2D eigenvalue weighted by Gasteiger charge is 2.00. The third-order valence-corrected chi connectivity index (χ3v) is 2.26. The fourth-order valence-electron chi connectivity index (χ4n) is 1.39. The number of aliphatic hydroxyl groups excluding tert-OH is 1. The molecule has 1 atom stereocenters. The lowest BCUT2D eigenvalue weighted by atomic mass is 10.1. The van der Waals surface area contributed by atoms with Gasteiger partial charge in [-0.2, -0.15) is 0 Å². The van der Waals surface area contributed by atoms with Crippen molar-refractivity contribution < 1.29 is 9.90 Å². The molecular weight excluding hydrogens is 176 g/mol. The zero-order chi connectivity index (χ0) is 10.6. The van der Waals surface area contributed by atoms with Gasteiger partial charge in [0.1, 0.15) is 6.29 Å². The van der Waals surface area contributed by atoms with Crippen LogP contribution in [0.2, 0.25) is 0 Å². The van der Waals surface area contributed by atoms with Crippen LogP contribution in [0.3, 0.4) is 0 Å². The summed E-state index contributed by atoms with van der Waals surface area (Å²) in [5.74, 6) is 0. The maximum atomic E-state index is 9.95. The zero-order valence-electron chi connectivity index (χ0n) is 9.11. The van der Waals surface area contributed by atoms with Gasteiger partial charge in [-0.3, -0.25) is 4.79 Å². The lowest BCUT2D eigenvalue weighted by Gasteiger charge is -2.06. The molecule has 14 heavy (non-hydrogen) atoms. The van der Waals surface area contributed by atoms with Gasteiger partial charge in [0.25, 0.3) is 0 Å². The lowest BCUT2D eigenvalue weighted by Crippen LogP contribution is -2.04. The van der Waals surface area contributed by atoms with Crippen LogP contribution in [0, 0.1) is 0 Å². The van der Waals surface area contributed by atoms with E-state index >= 15 is 0 Å². The number of aliphatic hydroxyl groups is 1. The fraction of sp³-hybridized carbons (Fsp3) is 0.750. The van der Waals surface area contributed by atoms with E-state index in [1.807, 2.05) is 0 Å². The standard InChI is InChI=1S/C12H22O2/c1-2-3-4-5-6-9-12(14)10-7-8-11-13/h7-8,11-12,14H,2-6,9-10H2,1H3. The van der Waals surface area contributed by atoms with Crippen molar-refractivity contribution in [3.63, 3.8) is 0 Å². The van der Waals surface area contributed by atoms with E-state index in [1.54, 1.807) is 6.08 Å². The third-order valence-electron chi connectivity index (χ3n) is 2.26. The largest absolute Gasteiger partial charge is 0.393 e. The summed E-state index contributed by atoms with van der Waals surface area (Å²) in [5, 5.41) is 9.47. The molecule has 1 N–H and O–H groups in total. The molecule has 0 aliphatic carbocycles. The first kappa shape index (κ1) is 13.4. The normalized spacial score (nSPS) is 13.3. The number of allylic oxidation sites excluding steroid dienone is 1. The average molecular weight is 198 g/mol. The van der Waals surface area contributed by atoms with Crippen LogP contribution in [0.1, 0.15) is 51.9 Å². The number of aldehydes is 1. The van der Waals surface area contributed by atoms with Gasteiger partial charge < -0.3 is 5.11 Å². The summed E-state index contributed by atoms with van der Waals surface area (Å²) in [5.41, 5.74) is 0. The van der Waals surface area contributed by atoms with Crippen molar-refractivity contribution in [2.45, 2.75) is 58.0 Å². The van der Waals surface area contributed by atoms with Gasteiger partial charge in [-0.15, -0.1) is 0 Å². The van der Waals surface area contributed by atoms with Gasteiger partial charge >= 0.3 is 0 Å². The second kappa shape index (κ2) is 10.5. The number of unbranched alkanes of at least 4 members (excludes halogenated alkanes) is 4. The van der Waals surface area contributed by atoms with Crippen molar-refractivity contribution in [3.8, 4) is 0 Å². The Morgan fingerprint density at radius 2 is 1.93 bits per heavy atom. The number of rotatable bonds is 9. The first-order valence-corrected chi connectivity index (χ1v) is 5.59.